The predicted molar refractivity (Wildman–Crippen MR) is 145 cm³/mol. The average Bonchev–Trinajstić information content (AvgIpc) is 2.92. The topological polar surface area (TPSA) is 123 Å². The summed E-state index contributed by atoms with van der Waals surface area (Å²) < 4.78 is 29.4. The molecular formula is C28H23ClFN3O7. The van der Waals surface area contributed by atoms with Crippen molar-refractivity contribution >= 4 is 52.8 Å². The maximum Gasteiger partial charge on any atom is 0.335 e. The third-order valence-corrected chi connectivity index (χ3v) is 5.83. The zero-order valence-electron chi connectivity index (χ0n) is 21.3. The molecule has 1 saturated heterocycles. The van der Waals surface area contributed by atoms with Crippen LogP contribution in [-0.4, -0.2) is 44.1 Å². The van der Waals surface area contributed by atoms with Crippen LogP contribution in [0.2, 0.25) is 5.02 Å². The summed E-state index contributed by atoms with van der Waals surface area (Å²) in [7, 11) is 1.48. The maximum atomic E-state index is 13.2. The lowest BCUT2D eigenvalue weighted by Crippen LogP contribution is -2.54. The molecule has 1 fully saturated rings. The van der Waals surface area contributed by atoms with Crippen LogP contribution in [0.3, 0.4) is 0 Å². The molecule has 5 amide bonds. The minimum absolute atomic E-state index is 0.0409. The molecule has 0 atom stereocenters. The lowest BCUT2D eigenvalue weighted by Gasteiger charge is -2.26. The van der Waals surface area contributed by atoms with Crippen LogP contribution >= 0.6 is 11.6 Å². The van der Waals surface area contributed by atoms with E-state index < -0.39 is 36.2 Å². The highest BCUT2D eigenvalue weighted by Crippen LogP contribution is 2.37. The molecule has 0 saturated carbocycles. The molecule has 40 heavy (non-hydrogen) atoms. The zero-order valence-corrected chi connectivity index (χ0v) is 22.1. The van der Waals surface area contributed by atoms with Gasteiger partial charge in [-0.3, -0.25) is 19.7 Å². The lowest BCUT2D eigenvalue weighted by atomic mass is 10.1. The van der Waals surface area contributed by atoms with Gasteiger partial charge in [0.25, 0.3) is 17.7 Å². The summed E-state index contributed by atoms with van der Waals surface area (Å²) in [5.74, 6) is -1.95. The van der Waals surface area contributed by atoms with Gasteiger partial charge < -0.3 is 19.5 Å². The Morgan fingerprint density at radius 1 is 1.05 bits per heavy atom. The highest BCUT2D eigenvalue weighted by Gasteiger charge is 2.37. The maximum absolute atomic E-state index is 13.2. The Kier molecular flexibility index (Phi) is 8.65. The van der Waals surface area contributed by atoms with Crippen LogP contribution in [0.15, 0.2) is 66.2 Å². The van der Waals surface area contributed by atoms with Gasteiger partial charge in [-0.2, -0.15) is 0 Å². The number of halogens is 2. The molecule has 1 heterocycles. The fourth-order valence-electron chi connectivity index (χ4n) is 3.73. The van der Waals surface area contributed by atoms with Gasteiger partial charge in [0.1, 0.15) is 17.1 Å². The molecule has 206 valence electrons. The van der Waals surface area contributed by atoms with E-state index in [4.69, 9.17) is 25.8 Å². The number of urea groups is 1. The fraction of sp³-hybridized carbons (Fsp3) is 0.143. The normalized spacial score (nSPS) is 14.2. The molecule has 3 aromatic carbocycles. The van der Waals surface area contributed by atoms with Crippen molar-refractivity contribution in [3.63, 3.8) is 0 Å². The van der Waals surface area contributed by atoms with Crippen molar-refractivity contribution in [3.05, 3.63) is 82.6 Å². The number of nitrogens with one attached hydrogen (secondary N) is 2. The Bertz CT molecular complexity index is 1490. The molecule has 2 N–H and O–H groups in total. The molecule has 0 unspecified atom stereocenters. The van der Waals surface area contributed by atoms with Crippen molar-refractivity contribution in [1.82, 2.24) is 5.32 Å². The SMILES string of the molecule is CCOc1cc(/C=C2\C(=O)NC(=O)N(c3ccc(OC)cc3)C2=O)cc(Cl)c1OCC(=O)Nc1ccc(F)cc1. The van der Waals surface area contributed by atoms with E-state index in [0.717, 1.165) is 4.90 Å². The Morgan fingerprint density at radius 2 is 1.75 bits per heavy atom. The smallest absolute Gasteiger partial charge is 0.335 e. The standard InChI is InChI=1S/C28H23ClFN3O7/c1-3-39-23-14-16(13-22(29)25(23)40-15-24(34)31-18-6-4-17(30)5-7-18)12-21-26(35)32-28(37)33(27(21)36)19-8-10-20(38-2)11-9-19/h4-14H,3,15H2,1-2H3,(H,31,34)(H,32,35,37)/b21-12+. The van der Waals surface area contributed by atoms with Gasteiger partial charge in [-0.1, -0.05) is 11.6 Å². The Morgan fingerprint density at radius 3 is 2.40 bits per heavy atom. The molecule has 12 heteroatoms. The fourth-order valence-corrected chi connectivity index (χ4v) is 4.01. The van der Waals surface area contributed by atoms with Crippen molar-refractivity contribution in [2.45, 2.75) is 6.92 Å². The van der Waals surface area contributed by atoms with Crippen molar-refractivity contribution in [3.8, 4) is 17.2 Å². The first-order valence-electron chi connectivity index (χ1n) is 11.9. The van der Waals surface area contributed by atoms with Crippen molar-refractivity contribution in [2.75, 3.05) is 30.5 Å². The first-order valence-corrected chi connectivity index (χ1v) is 12.3. The number of hydrogen-bond acceptors (Lipinski definition) is 7. The van der Waals surface area contributed by atoms with Crippen LogP contribution < -0.4 is 29.7 Å². The van der Waals surface area contributed by atoms with Gasteiger partial charge in [0.05, 0.1) is 24.4 Å². The van der Waals surface area contributed by atoms with E-state index in [2.05, 4.69) is 10.6 Å². The summed E-state index contributed by atoms with van der Waals surface area (Å²) in [4.78, 5) is 51.4. The van der Waals surface area contributed by atoms with Gasteiger partial charge in [-0.05, 0) is 79.2 Å². The minimum Gasteiger partial charge on any atom is -0.497 e. The van der Waals surface area contributed by atoms with Crippen LogP contribution in [0.1, 0.15) is 12.5 Å². The van der Waals surface area contributed by atoms with Crippen molar-refractivity contribution < 1.29 is 37.8 Å². The molecule has 3 aromatic rings. The van der Waals surface area contributed by atoms with Gasteiger partial charge in [-0.15, -0.1) is 0 Å². The number of barbiturate groups is 1. The first-order chi connectivity index (χ1) is 19.2. The van der Waals surface area contributed by atoms with E-state index in [9.17, 15) is 23.6 Å². The number of ether oxygens (including phenoxy) is 3. The van der Waals surface area contributed by atoms with Gasteiger partial charge in [-0.25, -0.2) is 14.1 Å². The molecule has 4 rings (SSSR count). The third-order valence-electron chi connectivity index (χ3n) is 5.55. The molecule has 10 nitrogen and oxygen atoms in total. The van der Waals surface area contributed by atoms with Gasteiger partial charge in [0.2, 0.25) is 0 Å². The van der Waals surface area contributed by atoms with E-state index in [1.165, 1.54) is 61.7 Å². The van der Waals surface area contributed by atoms with Crippen molar-refractivity contribution in [1.29, 1.82) is 0 Å². The third kappa shape index (κ3) is 6.38. The first kappa shape index (κ1) is 28.1. The summed E-state index contributed by atoms with van der Waals surface area (Å²) in [6, 6.07) is 13.4. The molecule has 0 aliphatic carbocycles. The molecule has 1 aliphatic heterocycles. The summed E-state index contributed by atoms with van der Waals surface area (Å²) in [6.07, 6.45) is 1.26. The second-order valence-corrected chi connectivity index (χ2v) is 8.67. The quantitative estimate of drug-likeness (QED) is 0.287. The summed E-state index contributed by atoms with van der Waals surface area (Å²) in [6.45, 7) is 1.51. The monoisotopic (exact) mass is 567 g/mol. The number of rotatable bonds is 9. The van der Waals surface area contributed by atoms with Crippen LogP contribution in [0, 0.1) is 5.82 Å². The molecule has 0 radical (unpaired) electrons. The summed E-state index contributed by atoms with van der Waals surface area (Å²) in [5, 5.41) is 4.76. The summed E-state index contributed by atoms with van der Waals surface area (Å²) >= 11 is 6.43. The van der Waals surface area contributed by atoms with E-state index in [1.54, 1.807) is 19.1 Å². The number of nitrogens with zero attached hydrogens (tertiary/aromatic N) is 1. The Balaban J connectivity index is 1.57. The van der Waals surface area contributed by atoms with Crippen LogP contribution in [0.4, 0.5) is 20.6 Å². The number of carbonyl (C=O) groups excluding carboxylic acids is 4. The van der Waals surface area contributed by atoms with Gasteiger partial charge in [0.15, 0.2) is 18.1 Å². The van der Waals surface area contributed by atoms with E-state index in [1.807, 2.05) is 0 Å². The number of hydrogen-bond donors (Lipinski definition) is 2. The second-order valence-electron chi connectivity index (χ2n) is 8.26. The van der Waals surface area contributed by atoms with Gasteiger partial charge >= 0.3 is 6.03 Å². The minimum atomic E-state index is -0.895. The number of amides is 5. The highest BCUT2D eigenvalue weighted by molar-refractivity contribution is 6.39. The van der Waals surface area contributed by atoms with Gasteiger partial charge in [0, 0.05) is 5.69 Å². The average molecular weight is 568 g/mol. The second kappa shape index (κ2) is 12.3. The molecule has 0 bridgehead atoms. The Hall–Kier alpha value is -4.90. The summed E-state index contributed by atoms with van der Waals surface area (Å²) in [5.41, 5.74) is 0.600. The molecular weight excluding hydrogens is 545 g/mol. The molecule has 0 spiro atoms. The number of carbonyl (C=O) groups is 4. The van der Waals surface area contributed by atoms with Crippen LogP contribution in [-0.2, 0) is 14.4 Å². The van der Waals surface area contributed by atoms with E-state index >= 15 is 0 Å². The highest BCUT2D eigenvalue weighted by atomic mass is 35.5. The van der Waals surface area contributed by atoms with Crippen LogP contribution in [0.25, 0.3) is 6.08 Å². The largest absolute Gasteiger partial charge is 0.497 e. The Labute approximate surface area is 233 Å². The zero-order chi connectivity index (χ0) is 28.8. The predicted octanol–water partition coefficient (Wildman–Crippen LogP) is 4.57. The van der Waals surface area contributed by atoms with Crippen LogP contribution in [0.5, 0.6) is 17.2 Å². The number of imide groups is 2. The molecule has 1 aliphatic rings. The number of methoxy groups -OCH3 is 1. The number of benzene rings is 3. The number of anilines is 2. The van der Waals surface area contributed by atoms with E-state index in [-0.39, 0.29) is 34.4 Å². The van der Waals surface area contributed by atoms with Crippen molar-refractivity contribution in [2.24, 2.45) is 0 Å². The lowest BCUT2D eigenvalue weighted by molar-refractivity contribution is -0.122. The molecule has 0 aromatic heterocycles. The van der Waals surface area contributed by atoms with E-state index in [0.29, 0.717) is 17.0 Å².